The molecule has 0 atom stereocenters. The molecule has 1 aromatic carbocycles. The lowest BCUT2D eigenvalue weighted by molar-refractivity contribution is -0.138. The molecule has 22 heavy (non-hydrogen) atoms. The maximum absolute atomic E-state index is 13.1. The first kappa shape index (κ1) is 15.6. The van der Waals surface area contributed by atoms with Gasteiger partial charge in [0.1, 0.15) is 11.8 Å². The van der Waals surface area contributed by atoms with E-state index in [9.17, 15) is 13.2 Å². The summed E-state index contributed by atoms with van der Waals surface area (Å²) in [5.74, 6) is 0.252. The van der Waals surface area contributed by atoms with Gasteiger partial charge in [0.25, 0.3) is 0 Å². The van der Waals surface area contributed by atoms with Crippen LogP contribution in [0, 0.1) is 11.3 Å². The average Bonchev–Trinajstić information content (AvgIpc) is 2.52. The topological polar surface area (TPSA) is 70.8 Å². The number of hydrogen-bond acceptors (Lipinski definition) is 5. The van der Waals surface area contributed by atoms with Crippen molar-refractivity contribution in [1.29, 1.82) is 5.26 Å². The van der Waals surface area contributed by atoms with E-state index in [1.54, 1.807) is 0 Å². The molecule has 5 nitrogen and oxygen atoms in total. The van der Waals surface area contributed by atoms with Crippen molar-refractivity contribution in [3.05, 3.63) is 47.4 Å². The van der Waals surface area contributed by atoms with Crippen LogP contribution in [-0.2, 0) is 12.7 Å². The second kappa shape index (κ2) is 6.30. The Labute approximate surface area is 124 Å². The van der Waals surface area contributed by atoms with Gasteiger partial charge in [0.15, 0.2) is 11.5 Å². The van der Waals surface area contributed by atoms with Crippen molar-refractivity contribution in [3.63, 3.8) is 0 Å². The van der Waals surface area contributed by atoms with Crippen LogP contribution < -0.4 is 10.1 Å². The predicted octanol–water partition coefficient (Wildman–Crippen LogP) is 2.99. The molecule has 0 saturated carbocycles. The third kappa shape index (κ3) is 3.44. The zero-order chi connectivity index (χ0) is 16.2. The highest BCUT2D eigenvalue weighted by atomic mass is 19.4. The maximum Gasteiger partial charge on any atom is 0.416 e. The maximum atomic E-state index is 13.1. The summed E-state index contributed by atoms with van der Waals surface area (Å²) < 4.78 is 44.0. The highest BCUT2D eigenvalue weighted by Gasteiger charge is 2.33. The molecule has 1 heterocycles. The van der Waals surface area contributed by atoms with Gasteiger partial charge < -0.3 is 10.1 Å². The Morgan fingerprint density at radius 2 is 2.00 bits per heavy atom. The van der Waals surface area contributed by atoms with Gasteiger partial charge in [-0.2, -0.15) is 18.4 Å². The molecular weight excluding hydrogens is 297 g/mol. The SMILES string of the molecule is COc1ccc(CNc2nccnc2C#N)c(C(F)(F)F)c1. The number of halogens is 3. The summed E-state index contributed by atoms with van der Waals surface area (Å²) >= 11 is 0. The third-order valence-corrected chi connectivity index (χ3v) is 2.87. The molecule has 2 aromatic rings. The van der Waals surface area contributed by atoms with Crippen LogP contribution in [0.25, 0.3) is 0 Å². The molecule has 0 fully saturated rings. The minimum absolute atomic E-state index is 0.0165. The van der Waals surface area contributed by atoms with Crippen LogP contribution in [0.3, 0.4) is 0 Å². The molecule has 0 spiro atoms. The molecule has 1 aromatic heterocycles. The number of methoxy groups -OCH3 is 1. The monoisotopic (exact) mass is 308 g/mol. The van der Waals surface area contributed by atoms with Crippen LogP contribution in [0.4, 0.5) is 19.0 Å². The second-order valence-electron chi connectivity index (χ2n) is 4.24. The van der Waals surface area contributed by atoms with Gasteiger partial charge in [0, 0.05) is 18.9 Å². The summed E-state index contributed by atoms with van der Waals surface area (Å²) in [4.78, 5) is 7.67. The molecule has 0 aliphatic heterocycles. The first-order valence-electron chi connectivity index (χ1n) is 6.15. The van der Waals surface area contributed by atoms with E-state index in [-0.39, 0.29) is 29.4 Å². The lowest BCUT2D eigenvalue weighted by Gasteiger charge is -2.15. The fourth-order valence-electron chi connectivity index (χ4n) is 1.83. The Bertz CT molecular complexity index is 710. The summed E-state index contributed by atoms with van der Waals surface area (Å²) in [6.45, 7) is -0.147. The summed E-state index contributed by atoms with van der Waals surface area (Å²) in [5.41, 5.74) is -0.769. The number of ether oxygens (including phenoxy) is 1. The van der Waals surface area contributed by atoms with Crippen LogP contribution in [0.15, 0.2) is 30.6 Å². The van der Waals surface area contributed by atoms with Gasteiger partial charge >= 0.3 is 6.18 Å². The number of nitriles is 1. The van der Waals surface area contributed by atoms with Crippen LogP contribution in [-0.4, -0.2) is 17.1 Å². The first-order valence-corrected chi connectivity index (χ1v) is 6.15. The van der Waals surface area contributed by atoms with E-state index in [4.69, 9.17) is 10.00 Å². The normalized spacial score (nSPS) is 10.9. The molecule has 8 heteroatoms. The van der Waals surface area contributed by atoms with Crippen LogP contribution >= 0.6 is 0 Å². The minimum Gasteiger partial charge on any atom is -0.497 e. The van der Waals surface area contributed by atoms with Gasteiger partial charge in [0.2, 0.25) is 0 Å². The number of benzene rings is 1. The van der Waals surface area contributed by atoms with Crippen molar-refractivity contribution in [1.82, 2.24) is 9.97 Å². The van der Waals surface area contributed by atoms with E-state index in [0.717, 1.165) is 6.07 Å². The van der Waals surface area contributed by atoms with E-state index >= 15 is 0 Å². The van der Waals surface area contributed by atoms with Crippen molar-refractivity contribution >= 4 is 5.82 Å². The Balaban J connectivity index is 2.28. The lowest BCUT2D eigenvalue weighted by atomic mass is 10.1. The number of alkyl halides is 3. The molecule has 0 aliphatic rings. The predicted molar refractivity (Wildman–Crippen MR) is 72.1 cm³/mol. The molecule has 0 amide bonds. The number of nitrogens with one attached hydrogen (secondary N) is 1. The Morgan fingerprint density at radius 3 is 2.64 bits per heavy atom. The van der Waals surface area contributed by atoms with Crippen molar-refractivity contribution in [3.8, 4) is 11.8 Å². The summed E-state index contributed by atoms with van der Waals surface area (Å²) in [7, 11) is 1.30. The number of aromatic nitrogens is 2. The Hall–Kier alpha value is -2.82. The molecule has 114 valence electrons. The van der Waals surface area contributed by atoms with Crippen LogP contribution in [0.1, 0.15) is 16.8 Å². The van der Waals surface area contributed by atoms with Gasteiger partial charge in [-0.25, -0.2) is 9.97 Å². The quantitative estimate of drug-likeness (QED) is 0.940. The second-order valence-corrected chi connectivity index (χ2v) is 4.24. The highest BCUT2D eigenvalue weighted by Crippen LogP contribution is 2.34. The van der Waals surface area contributed by atoms with E-state index in [0.29, 0.717) is 0 Å². The molecule has 1 N–H and O–H groups in total. The van der Waals surface area contributed by atoms with Gasteiger partial charge in [0.05, 0.1) is 12.7 Å². The average molecular weight is 308 g/mol. The lowest BCUT2D eigenvalue weighted by Crippen LogP contribution is -2.13. The standard InChI is InChI=1S/C14H11F3N4O/c1-22-10-3-2-9(11(6-10)14(15,16)17)8-21-13-12(7-18)19-4-5-20-13/h2-6H,8H2,1H3,(H,20,21). The van der Waals surface area contributed by atoms with Crippen molar-refractivity contribution in [2.75, 3.05) is 12.4 Å². The highest BCUT2D eigenvalue weighted by molar-refractivity contribution is 5.48. The van der Waals surface area contributed by atoms with Gasteiger partial charge in [-0.15, -0.1) is 0 Å². The summed E-state index contributed by atoms with van der Waals surface area (Å²) in [6.07, 6.45) is -1.83. The third-order valence-electron chi connectivity index (χ3n) is 2.87. The zero-order valence-corrected chi connectivity index (χ0v) is 11.5. The van der Waals surface area contributed by atoms with Crippen molar-refractivity contribution < 1.29 is 17.9 Å². The fourth-order valence-corrected chi connectivity index (χ4v) is 1.83. The largest absolute Gasteiger partial charge is 0.497 e. The Morgan fingerprint density at radius 1 is 1.27 bits per heavy atom. The fraction of sp³-hybridized carbons (Fsp3) is 0.214. The van der Waals surface area contributed by atoms with E-state index in [1.165, 1.54) is 31.6 Å². The van der Waals surface area contributed by atoms with Crippen molar-refractivity contribution in [2.24, 2.45) is 0 Å². The summed E-state index contributed by atoms with van der Waals surface area (Å²) in [6, 6.07) is 5.50. The van der Waals surface area contributed by atoms with Crippen LogP contribution in [0.5, 0.6) is 5.75 Å². The van der Waals surface area contributed by atoms with Crippen LogP contribution in [0.2, 0.25) is 0 Å². The van der Waals surface area contributed by atoms with Crippen molar-refractivity contribution in [2.45, 2.75) is 12.7 Å². The molecule has 0 radical (unpaired) electrons. The molecule has 0 aliphatic carbocycles. The molecule has 0 saturated heterocycles. The molecule has 0 unspecified atom stereocenters. The number of hydrogen-bond donors (Lipinski definition) is 1. The minimum atomic E-state index is -4.51. The van der Waals surface area contributed by atoms with Gasteiger partial charge in [-0.3, -0.25) is 0 Å². The molecular formula is C14H11F3N4O. The summed E-state index contributed by atoms with van der Waals surface area (Å²) in [5, 5.41) is 11.6. The smallest absolute Gasteiger partial charge is 0.416 e. The number of nitrogens with zero attached hydrogens (tertiary/aromatic N) is 3. The number of anilines is 1. The number of rotatable bonds is 4. The van der Waals surface area contributed by atoms with Gasteiger partial charge in [-0.05, 0) is 17.7 Å². The molecule has 2 rings (SSSR count). The van der Waals surface area contributed by atoms with E-state index in [1.807, 2.05) is 6.07 Å². The Kier molecular flexibility index (Phi) is 4.46. The molecule has 0 bridgehead atoms. The first-order chi connectivity index (χ1) is 10.5. The van der Waals surface area contributed by atoms with Gasteiger partial charge in [-0.1, -0.05) is 6.07 Å². The van der Waals surface area contributed by atoms with E-state index < -0.39 is 11.7 Å². The zero-order valence-electron chi connectivity index (χ0n) is 11.5. The van der Waals surface area contributed by atoms with E-state index in [2.05, 4.69) is 15.3 Å².